The van der Waals surface area contributed by atoms with Gasteiger partial charge in [0.05, 0.1) is 21.5 Å². The molecule has 11 nitrogen and oxygen atoms in total. The summed E-state index contributed by atoms with van der Waals surface area (Å²) in [6.07, 6.45) is 4.34. The SMILES string of the molecule is Cc1ccc(S(=O)(=O)O)cc1.Nc1c(F)c(N2C[C@H]3CCCN[C@H]3C2)c(OC(F)F)c2c1c(=O)c(C(=O)O)cn2C1CC1. The van der Waals surface area contributed by atoms with Crippen LogP contribution in [0, 0.1) is 18.7 Å². The molecule has 232 valence electrons. The molecule has 2 saturated heterocycles. The number of carbonyl (C=O) groups is 1. The fourth-order valence-corrected chi connectivity index (χ4v) is 6.26. The van der Waals surface area contributed by atoms with Crippen LogP contribution in [0.15, 0.2) is 40.2 Å². The zero-order valence-corrected chi connectivity index (χ0v) is 23.9. The molecule has 0 unspecified atom stereocenters. The van der Waals surface area contributed by atoms with Crippen LogP contribution in [0.5, 0.6) is 5.75 Å². The van der Waals surface area contributed by atoms with E-state index in [1.807, 2.05) is 6.92 Å². The number of aromatic nitrogens is 1. The Morgan fingerprint density at radius 3 is 2.40 bits per heavy atom. The van der Waals surface area contributed by atoms with Crippen LogP contribution >= 0.6 is 0 Å². The third kappa shape index (κ3) is 6.15. The minimum absolute atomic E-state index is 0.0666. The van der Waals surface area contributed by atoms with Crippen LogP contribution in [0.2, 0.25) is 0 Å². The third-order valence-electron chi connectivity index (χ3n) is 7.99. The number of hydrogen-bond acceptors (Lipinski definition) is 8. The highest BCUT2D eigenvalue weighted by atomic mass is 32.2. The highest BCUT2D eigenvalue weighted by Gasteiger charge is 2.40. The van der Waals surface area contributed by atoms with E-state index in [1.54, 1.807) is 17.0 Å². The van der Waals surface area contributed by atoms with Gasteiger partial charge in [-0.15, -0.1) is 0 Å². The lowest BCUT2D eigenvalue weighted by atomic mass is 9.94. The summed E-state index contributed by atoms with van der Waals surface area (Å²) in [5.41, 5.74) is 4.52. The second kappa shape index (κ2) is 11.7. The molecule has 0 amide bonds. The first-order chi connectivity index (χ1) is 20.3. The molecule has 3 aliphatic rings. The summed E-state index contributed by atoms with van der Waals surface area (Å²) >= 11 is 0. The Morgan fingerprint density at radius 1 is 1.16 bits per heavy atom. The third-order valence-corrected chi connectivity index (χ3v) is 8.86. The molecule has 0 bridgehead atoms. The van der Waals surface area contributed by atoms with E-state index in [0.717, 1.165) is 31.1 Å². The maximum Gasteiger partial charge on any atom is 0.387 e. The normalized spacial score (nSPS) is 20.1. The van der Waals surface area contributed by atoms with Crippen LogP contribution in [0.1, 0.15) is 47.6 Å². The number of rotatable bonds is 6. The van der Waals surface area contributed by atoms with Gasteiger partial charge in [-0.25, -0.2) is 9.18 Å². The maximum atomic E-state index is 15.6. The lowest BCUT2D eigenvalue weighted by Gasteiger charge is -2.26. The van der Waals surface area contributed by atoms with Gasteiger partial charge < -0.3 is 30.4 Å². The van der Waals surface area contributed by atoms with Crippen LogP contribution in [0.3, 0.4) is 0 Å². The number of carboxylic acids is 1. The van der Waals surface area contributed by atoms with Crippen molar-refractivity contribution in [1.29, 1.82) is 0 Å². The van der Waals surface area contributed by atoms with Gasteiger partial charge in [-0.2, -0.15) is 17.2 Å². The standard InChI is InChI=1S/C21H23F3N4O4.C7H8O3S/c22-14-15(25)13-16(28(10-3-4-10)7-11(18(13)29)20(30)31)19(32-21(23)24)17(14)27-6-9-2-1-5-26-12(9)8-27;1-6-2-4-7(5-3-6)11(8,9)10/h7,9-10,12,21,26H,1-6,8,25H2,(H,30,31);2-5H,1H3,(H,8,9,10)/t9-,12+;/m1./s1. The first-order valence-corrected chi connectivity index (χ1v) is 15.1. The summed E-state index contributed by atoms with van der Waals surface area (Å²) in [4.78, 5) is 26.1. The number of fused-ring (bicyclic) bond motifs is 2. The topological polar surface area (TPSA) is 164 Å². The van der Waals surface area contributed by atoms with E-state index < -0.39 is 56.3 Å². The van der Waals surface area contributed by atoms with Crippen molar-refractivity contribution in [1.82, 2.24) is 9.88 Å². The van der Waals surface area contributed by atoms with Gasteiger partial charge in [-0.05, 0) is 57.2 Å². The first kappa shape index (κ1) is 30.6. The van der Waals surface area contributed by atoms with E-state index in [1.165, 1.54) is 16.7 Å². The Kier molecular flexibility index (Phi) is 8.33. The van der Waals surface area contributed by atoms with Gasteiger partial charge in [-0.1, -0.05) is 17.7 Å². The highest BCUT2D eigenvalue weighted by molar-refractivity contribution is 7.85. The molecule has 3 aromatic rings. The van der Waals surface area contributed by atoms with E-state index >= 15 is 4.39 Å². The Morgan fingerprint density at radius 2 is 1.84 bits per heavy atom. The van der Waals surface area contributed by atoms with E-state index in [2.05, 4.69) is 5.32 Å². The summed E-state index contributed by atoms with van der Waals surface area (Å²) in [5.74, 6) is -2.80. The van der Waals surface area contributed by atoms with Gasteiger partial charge in [0.15, 0.2) is 11.6 Å². The number of nitrogens with one attached hydrogen (secondary N) is 1. The van der Waals surface area contributed by atoms with Crippen molar-refractivity contribution in [2.24, 2.45) is 5.92 Å². The number of hydrogen-bond donors (Lipinski definition) is 4. The minimum atomic E-state index is -4.02. The van der Waals surface area contributed by atoms with E-state index in [9.17, 15) is 31.9 Å². The lowest BCUT2D eigenvalue weighted by molar-refractivity contribution is -0.0488. The molecular weight excluding hydrogens is 593 g/mol. The molecule has 15 heteroatoms. The number of alkyl halides is 2. The van der Waals surface area contributed by atoms with Crippen LogP contribution in [-0.2, 0) is 10.1 Å². The molecule has 43 heavy (non-hydrogen) atoms. The number of halogens is 3. The summed E-state index contributed by atoms with van der Waals surface area (Å²) in [6, 6.07) is 5.86. The zero-order chi connectivity index (χ0) is 31.2. The predicted molar refractivity (Wildman–Crippen MR) is 152 cm³/mol. The predicted octanol–water partition coefficient (Wildman–Crippen LogP) is 3.79. The van der Waals surface area contributed by atoms with Crippen LogP contribution in [-0.4, -0.2) is 60.9 Å². The van der Waals surface area contributed by atoms with Crippen molar-refractivity contribution < 1.29 is 40.8 Å². The summed E-state index contributed by atoms with van der Waals surface area (Å²) in [5, 5.41) is 12.4. The average molecular weight is 625 g/mol. The number of pyridine rings is 1. The van der Waals surface area contributed by atoms with Gasteiger partial charge in [0.2, 0.25) is 5.43 Å². The molecule has 1 aliphatic carbocycles. The molecule has 1 aromatic heterocycles. The molecule has 3 fully saturated rings. The molecule has 2 aliphatic heterocycles. The largest absolute Gasteiger partial charge is 0.477 e. The number of nitrogen functional groups attached to an aromatic ring is 1. The molecule has 2 aromatic carbocycles. The number of piperidine rings is 1. The quantitative estimate of drug-likeness (QED) is 0.234. The average Bonchev–Trinajstić information content (AvgIpc) is 3.69. The Hall–Kier alpha value is -3.82. The first-order valence-electron chi connectivity index (χ1n) is 13.7. The highest BCUT2D eigenvalue weighted by Crippen LogP contribution is 2.47. The van der Waals surface area contributed by atoms with E-state index in [-0.39, 0.29) is 34.1 Å². The number of carboxylic acid groups (broad SMARTS) is 1. The van der Waals surface area contributed by atoms with Crippen LogP contribution in [0.25, 0.3) is 10.9 Å². The van der Waals surface area contributed by atoms with Crippen LogP contribution in [0.4, 0.5) is 24.5 Å². The summed E-state index contributed by atoms with van der Waals surface area (Å²) < 4.78 is 78.5. The van der Waals surface area contributed by atoms with Crippen molar-refractivity contribution in [2.75, 3.05) is 30.3 Å². The van der Waals surface area contributed by atoms with Crippen molar-refractivity contribution in [3.63, 3.8) is 0 Å². The Labute approximate surface area is 244 Å². The van der Waals surface area contributed by atoms with Crippen molar-refractivity contribution in [3.05, 3.63) is 57.6 Å². The molecular formula is C28H31F3N4O7S. The lowest BCUT2D eigenvalue weighted by Crippen LogP contribution is -2.40. The smallest absolute Gasteiger partial charge is 0.387 e. The molecule has 6 rings (SSSR count). The monoisotopic (exact) mass is 624 g/mol. The number of benzene rings is 2. The molecule has 0 spiro atoms. The molecule has 0 radical (unpaired) electrons. The van der Waals surface area contributed by atoms with Crippen molar-refractivity contribution >= 4 is 38.4 Å². The number of ether oxygens (including phenoxy) is 1. The second-order valence-electron chi connectivity index (χ2n) is 11.0. The number of aryl methyl sites for hydroxylation is 1. The Bertz CT molecular complexity index is 1710. The minimum Gasteiger partial charge on any atom is -0.477 e. The Balaban J connectivity index is 0.000000283. The van der Waals surface area contributed by atoms with Gasteiger partial charge in [-0.3, -0.25) is 9.35 Å². The van der Waals surface area contributed by atoms with Gasteiger partial charge in [0.1, 0.15) is 11.3 Å². The molecule has 2 atom stereocenters. The molecule has 5 N–H and O–H groups in total. The van der Waals surface area contributed by atoms with Gasteiger partial charge in [0.25, 0.3) is 10.1 Å². The zero-order valence-electron chi connectivity index (χ0n) is 23.1. The molecule has 1 saturated carbocycles. The summed E-state index contributed by atoms with van der Waals surface area (Å²) in [7, 11) is -4.02. The number of nitrogens with zero attached hydrogens (tertiary/aromatic N) is 2. The fraction of sp³-hybridized carbons (Fsp3) is 0.429. The summed E-state index contributed by atoms with van der Waals surface area (Å²) in [6.45, 7) is 0.211. The van der Waals surface area contributed by atoms with Crippen molar-refractivity contribution in [3.8, 4) is 5.75 Å². The number of aromatic carboxylic acids is 1. The van der Waals surface area contributed by atoms with E-state index in [4.69, 9.17) is 15.0 Å². The van der Waals surface area contributed by atoms with Crippen LogP contribution < -0.4 is 26.1 Å². The second-order valence-corrected chi connectivity index (χ2v) is 12.4. The number of nitrogens with two attached hydrogens (primary N) is 1. The van der Waals surface area contributed by atoms with Gasteiger partial charge in [0, 0.05) is 31.4 Å². The van der Waals surface area contributed by atoms with Gasteiger partial charge >= 0.3 is 12.6 Å². The molecule has 3 heterocycles. The fourth-order valence-electron chi connectivity index (χ4n) is 5.78. The maximum absolute atomic E-state index is 15.6. The van der Waals surface area contributed by atoms with Crippen molar-refractivity contribution in [2.45, 2.75) is 56.2 Å². The van der Waals surface area contributed by atoms with E-state index in [0.29, 0.717) is 25.9 Å². The number of anilines is 2.